The lowest BCUT2D eigenvalue weighted by molar-refractivity contribution is 0.620. The molecule has 254 valence electrons. The van der Waals surface area contributed by atoms with Crippen molar-refractivity contribution in [2.24, 2.45) is 0 Å². The van der Waals surface area contributed by atoms with Crippen molar-refractivity contribution >= 4 is 39.8 Å². The van der Waals surface area contributed by atoms with Crippen molar-refractivity contribution in [2.75, 3.05) is 4.90 Å². The lowest BCUT2D eigenvalue weighted by atomic mass is 9.82. The Morgan fingerprint density at radius 1 is 0.528 bits per heavy atom. The zero-order valence-corrected chi connectivity index (χ0v) is 29.9. The van der Waals surface area contributed by atoms with E-state index in [1.54, 1.807) is 0 Å². The van der Waals surface area contributed by atoms with Crippen LogP contribution in [0.5, 0.6) is 0 Å². The number of hydrogen-bond donors (Lipinski definition) is 0. The number of anilines is 3. The third-order valence-electron chi connectivity index (χ3n) is 11.2. The summed E-state index contributed by atoms with van der Waals surface area (Å²) in [6.45, 7) is 4.68. The summed E-state index contributed by atoms with van der Waals surface area (Å²) in [4.78, 5) is 7.31. The molecule has 0 amide bonds. The Kier molecular flexibility index (Phi) is 7.29. The van der Waals surface area contributed by atoms with Crippen LogP contribution in [-0.2, 0) is 11.8 Å². The summed E-state index contributed by atoms with van der Waals surface area (Å²) in [5, 5.41) is 0. The van der Waals surface area contributed by atoms with Crippen LogP contribution in [0.25, 0.3) is 56.5 Å². The van der Waals surface area contributed by atoms with E-state index in [9.17, 15) is 0 Å². The lowest BCUT2D eigenvalue weighted by Crippen LogP contribution is -2.14. The molecule has 53 heavy (non-hydrogen) atoms. The van der Waals surface area contributed by atoms with Gasteiger partial charge in [-0.15, -0.1) is 0 Å². The third-order valence-corrected chi connectivity index (χ3v) is 11.2. The Balaban J connectivity index is 0.991. The van der Waals surface area contributed by atoms with E-state index >= 15 is 0 Å². The maximum absolute atomic E-state index is 6.22. The number of oxazole rings is 1. The highest BCUT2D eigenvalue weighted by Crippen LogP contribution is 2.52. The average Bonchev–Trinajstić information content (AvgIpc) is 3.76. The predicted octanol–water partition coefficient (Wildman–Crippen LogP) is 13.4. The van der Waals surface area contributed by atoms with Crippen molar-refractivity contribution in [3.05, 3.63) is 192 Å². The van der Waals surface area contributed by atoms with Crippen molar-refractivity contribution in [3.63, 3.8) is 0 Å². The Labute approximate surface area is 310 Å². The molecule has 0 radical (unpaired) electrons. The molecular weight excluding hydrogens is 645 g/mol. The van der Waals surface area contributed by atoms with Crippen LogP contribution in [0.3, 0.4) is 0 Å². The molecule has 3 heteroatoms. The minimum Gasteiger partial charge on any atom is -0.436 e. The van der Waals surface area contributed by atoms with E-state index in [0.717, 1.165) is 46.6 Å². The summed E-state index contributed by atoms with van der Waals surface area (Å²) in [7, 11) is 0. The normalized spacial score (nSPS) is 14.0. The lowest BCUT2D eigenvalue weighted by Gasteiger charge is -2.26. The van der Waals surface area contributed by atoms with Gasteiger partial charge in [-0.05, 0) is 124 Å². The SMILES string of the molecule is CC1(C)c2ccccc2-c2c(-c3ccc(N(c4ccccc4)c4ccc(C5=Cc6c(ccc7oc(-c8ccccc8)nc67)CC5)cc4)cc3)cccc21. The fourth-order valence-corrected chi connectivity index (χ4v) is 8.52. The standard InChI is InChI=1S/C50H38N2O/c1-50(2)44-18-10-9-16-42(44)47-41(17-11-19-45(47)50)34-24-29-40(30-25-34)52(38-14-7-4-8-15-38)39-27-22-33(23-28-39)37-21-20-35-26-31-46-48(43(35)32-37)51-49(53-46)36-12-5-3-6-13-36/h3-19,22-32H,20-21H2,1-2H3. The number of benzene rings is 7. The molecule has 0 atom stereocenters. The quantitative estimate of drug-likeness (QED) is 0.175. The molecule has 8 aromatic rings. The molecule has 2 aliphatic carbocycles. The zero-order valence-electron chi connectivity index (χ0n) is 29.9. The predicted molar refractivity (Wildman–Crippen MR) is 220 cm³/mol. The summed E-state index contributed by atoms with van der Waals surface area (Å²) in [6, 6.07) is 58.8. The summed E-state index contributed by atoms with van der Waals surface area (Å²) >= 11 is 0. The average molecular weight is 683 g/mol. The molecule has 0 spiro atoms. The Morgan fingerprint density at radius 3 is 1.91 bits per heavy atom. The summed E-state index contributed by atoms with van der Waals surface area (Å²) in [5.41, 5.74) is 19.1. The van der Waals surface area contributed by atoms with Crippen molar-refractivity contribution in [1.29, 1.82) is 0 Å². The van der Waals surface area contributed by atoms with Gasteiger partial charge in [-0.25, -0.2) is 4.98 Å². The van der Waals surface area contributed by atoms with Crippen LogP contribution in [0.2, 0.25) is 0 Å². The van der Waals surface area contributed by atoms with Crippen LogP contribution in [0.4, 0.5) is 17.1 Å². The molecule has 0 saturated carbocycles. The smallest absolute Gasteiger partial charge is 0.227 e. The topological polar surface area (TPSA) is 29.3 Å². The first-order chi connectivity index (χ1) is 26.0. The molecule has 0 aliphatic heterocycles. The van der Waals surface area contributed by atoms with Gasteiger partial charge in [0.25, 0.3) is 0 Å². The first kappa shape index (κ1) is 31.3. The van der Waals surface area contributed by atoms with Crippen molar-refractivity contribution < 1.29 is 4.42 Å². The molecule has 0 fully saturated rings. The highest BCUT2D eigenvalue weighted by molar-refractivity contribution is 5.96. The number of allylic oxidation sites excluding steroid dienone is 1. The van der Waals surface area contributed by atoms with Crippen LogP contribution in [-0.4, -0.2) is 4.98 Å². The molecule has 0 bridgehead atoms. The molecule has 10 rings (SSSR count). The number of nitrogens with zero attached hydrogens (tertiary/aromatic N) is 2. The van der Waals surface area contributed by atoms with Crippen molar-refractivity contribution in [1.82, 2.24) is 4.98 Å². The molecular formula is C50H38N2O. The van der Waals surface area contributed by atoms with E-state index in [4.69, 9.17) is 9.40 Å². The van der Waals surface area contributed by atoms with Crippen LogP contribution in [0, 0.1) is 0 Å². The molecule has 1 heterocycles. The van der Waals surface area contributed by atoms with Crippen LogP contribution in [0.1, 0.15) is 48.1 Å². The molecule has 0 saturated heterocycles. The number of rotatable bonds is 6. The fourth-order valence-electron chi connectivity index (χ4n) is 8.52. The molecule has 2 aliphatic rings. The van der Waals surface area contributed by atoms with Crippen LogP contribution in [0.15, 0.2) is 168 Å². The van der Waals surface area contributed by atoms with E-state index in [1.807, 2.05) is 30.3 Å². The van der Waals surface area contributed by atoms with Crippen LogP contribution < -0.4 is 4.90 Å². The molecule has 0 unspecified atom stereocenters. The van der Waals surface area contributed by atoms with Crippen molar-refractivity contribution in [3.8, 4) is 33.7 Å². The number of para-hydroxylation sites is 1. The van der Waals surface area contributed by atoms with Gasteiger partial charge in [-0.1, -0.05) is 123 Å². The first-order valence-electron chi connectivity index (χ1n) is 18.5. The number of fused-ring (bicyclic) bond motifs is 6. The molecule has 1 aromatic heterocycles. The number of aryl methyl sites for hydroxylation is 1. The molecule has 0 N–H and O–H groups in total. The van der Waals surface area contributed by atoms with E-state index in [2.05, 4.69) is 158 Å². The summed E-state index contributed by atoms with van der Waals surface area (Å²) in [6.07, 6.45) is 4.28. The van der Waals surface area contributed by atoms with E-state index in [-0.39, 0.29) is 5.41 Å². The van der Waals surface area contributed by atoms with Gasteiger partial charge in [-0.3, -0.25) is 0 Å². The Bertz CT molecular complexity index is 2670. The second kappa shape index (κ2) is 12.4. The second-order valence-electron chi connectivity index (χ2n) is 14.7. The van der Waals surface area contributed by atoms with Crippen LogP contribution >= 0.6 is 0 Å². The highest BCUT2D eigenvalue weighted by Gasteiger charge is 2.36. The fraction of sp³-hybridized carbons (Fsp3) is 0.100. The van der Waals surface area contributed by atoms with Gasteiger partial charge in [-0.2, -0.15) is 0 Å². The van der Waals surface area contributed by atoms with Gasteiger partial charge >= 0.3 is 0 Å². The van der Waals surface area contributed by atoms with Gasteiger partial charge < -0.3 is 9.32 Å². The second-order valence-corrected chi connectivity index (χ2v) is 14.7. The van der Waals surface area contributed by atoms with Gasteiger partial charge in [0.1, 0.15) is 5.52 Å². The van der Waals surface area contributed by atoms with Gasteiger partial charge in [0.15, 0.2) is 5.58 Å². The maximum atomic E-state index is 6.22. The van der Waals surface area contributed by atoms with Gasteiger partial charge in [0.2, 0.25) is 5.89 Å². The molecule has 3 nitrogen and oxygen atoms in total. The minimum atomic E-state index is -0.0243. The third kappa shape index (κ3) is 5.23. The molecule has 7 aromatic carbocycles. The van der Waals surface area contributed by atoms with E-state index < -0.39 is 0 Å². The highest BCUT2D eigenvalue weighted by atomic mass is 16.3. The Morgan fingerprint density at radius 2 is 1.15 bits per heavy atom. The monoisotopic (exact) mass is 682 g/mol. The Hall–Kier alpha value is -6.45. The largest absolute Gasteiger partial charge is 0.436 e. The number of hydrogen-bond acceptors (Lipinski definition) is 3. The van der Waals surface area contributed by atoms with E-state index in [1.165, 1.54) is 55.6 Å². The van der Waals surface area contributed by atoms with E-state index in [0.29, 0.717) is 5.89 Å². The zero-order chi connectivity index (χ0) is 35.5. The maximum Gasteiger partial charge on any atom is 0.227 e. The number of aromatic nitrogens is 1. The first-order valence-corrected chi connectivity index (χ1v) is 18.5. The van der Waals surface area contributed by atoms with Gasteiger partial charge in [0, 0.05) is 33.6 Å². The summed E-state index contributed by atoms with van der Waals surface area (Å²) < 4.78 is 6.22. The summed E-state index contributed by atoms with van der Waals surface area (Å²) in [5.74, 6) is 0.662. The van der Waals surface area contributed by atoms with Gasteiger partial charge in [0.05, 0.1) is 0 Å². The minimum absolute atomic E-state index is 0.0243. The van der Waals surface area contributed by atoms with Crippen molar-refractivity contribution in [2.45, 2.75) is 32.1 Å².